The van der Waals surface area contributed by atoms with Crippen molar-refractivity contribution in [2.24, 2.45) is 0 Å². The Morgan fingerprint density at radius 1 is 1.15 bits per heavy atom. The molecule has 2 N–H and O–H groups in total. The molecule has 3 aromatic rings. The molecule has 1 amide bonds. The largest absolute Gasteiger partial charge is 0.489 e. The monoisotopic (exact) mass is 464 g/mol. The van der Waals surface area contributed by atoms with Crippen LogP contribution in [-0.4, -0.2) is 29.0 Å². The van der Waals surface area contributed by atoms with Gasteiger partial charge in [-0.05, 0) is 23.8 Å². The van der Waals surface area contributed by atoms with Crippen LogP contribution in [0.4, 0.5) is 29.1 Å². The molecule has 0 aliphatic carbocycles. The van der Waals surface area contributed by atoms with Crippen molar-refractivity contribution in [2.75, 3.05) is 23.8 Å². The molecule has 2 aromatic heterocycles. The quantitative estimate of drug-likeness (QED) is 0.535. The summed E-state index contributed by atoms with van der Waals surface area (Å²) >= 11 is 0. The molecule has 0 atom stereocenters. The molecule has 0 saturated carbocycles. The van der Waals surface area contributed by atoms with E-state index in [2.05, 4.69) is 9.97 Å². The van der Waals surface area contributed by atoms with Crippen molar-refractivity contribution in [1.29, 1.82) is 0 Å². The standard InChI is InChI=1S/C20H14F4N4O3.C2H6/c21-13-3-9(20(22,23)24)4-16-17(13)28(1-2-31-16)19(29)14-5-10-11-7-30-8-12(11)18(25)27-15(10)6-26-14;1-2/h3-6H,1-2,7-8H2,(H2,25,27);1-2H3. The van der Waals surface area contributed by atoms with Crippen molar-refractivity contribution >= 4 is 28.3 Å². The SMILES string of the molecule is CC.Nc1nc2cnc(C(=O)N3CCOc4cc(C(F)(F)F)cc(F)c43)cc2c2c1COC2. The molecule has 2 aliphatic rings. The number of benzene rings is 1. The summed E-state index contributed by atoms with van der Waals surface area (Å²) < 4.78 is 64.3. The number of ether oxygens (including phenoxy) is 2. The van der Waals surface area contributed by atoms with E-state index in [1.807, 2.05) is 13.8 Å². The second kappa shape index (κ2) is 8.47. The molecular formula is C22H20F4N4O3. The summed E-state index contributed by atoms with van der Waals surface area (Å²) in [5.41, 5.74) is 6.38. The lowest BCUT2D eigenvalue weighted by Gasteiger charge is -2.30. The Morgan fingerprint density at radius 2 is 1.88 bits per heavy atom. The van der Waals surface area contributed by atoms with Gasteiger partial charge < -0.3 is 15.2 Å². The number of aromatic nitrogens is 2. The second-order valence-corrected chi connectivity index (χ2v) is 7.14. The number of alkyl halides is 3. The normalized spacial score (nSPS) is 14.8. The molecule has 11 heteroatoms. The number of fused-ring (bicyclic) bond motifs is 4. The van der Waals surface area contributed by atoms with Crippen molar-refractivity contribution in [3.8, 4) is 5.75 Å². The number of nitrogen functional groups attached to an aromatic ring is 1. The van der Waals surface area contributed by atoms with Gasteiger partial charge in [-0.3, -0.25) is 9.69 Å². The first-order valence-electron chi connectivity index (χ1n) is 10.2. The van der Waals surface area contributed by atoms with Gasteiger partial charge in [0.05, 0.1) is 37.0 Å². The molecule has 0 radical (unpaired) electrons. The van der Waals surface area contributed by atoms with Gasteiger partial charge in [0, 0.05) is 10.9 Å². The van der Waals surface area contributed by atoms with Gasteiger partial charge in [-0.2, -0.15) is 13.2 Å². The van der Waals surface area contributed by atoms with Crippen molar-refractivity contribution in [3.63, 3.8) is 0 Å². The number of carbonyl (C=O) groups is 1. The van der Waals surface area contributed by atoms with Gasteiger partial charge in [0.2, 0.25) is 0 Å². The van der Waals surface area contributed by atoms with E-state index in [1.54, 1.807) is 0 Å². The van der Waals surface area contributed by atoms with Crippen LogP contribution in [0.15, 0.2) is 24.4 Å². The highest BCUT2D eigenvalue weighted by molar-refractivity contribution is 6.07. The molecule has 4 heterocycles. The van der Waals surface area contributed by atoms with Gasteiger partial charge >= 0.3 is 6.18 Å². The third-order valence-corrected chi connectivity index (χ3v) is 5.28. The van der Waals surface area contributed by atoms with Gasteiger partial charge in [0.1, 0.15) is 29.6 Å². The predicted molar refractivity (Wildman–Crippen MR) is 112 cm³/mol. The van der Waals surface area contributed by atoms with Crippen LogP contribution in [-0.2, 0) is 24.1 Å². The summed E-state index contributed by atoms with van der Waals surface area (Å²) in [5, 5.41) is 0.626. The molecule has 0 unspecified atom stereocenters. The second-order valence-electron chi connectivity index (χ2n) is 7.14. The van der Waals surface area contributed by atoms with E-state index in [9.17, 15) is 22.4 Å². The van der Waals surface area contributed by atoms with E-state index in [-0.39, 0.29) is 30.3 Å². The number of nitrogens with two attached hydrogens (primary N) is 1. The minimum atomic E-state index is -4.75. The van der Waals surface area contributed by atoms with Crippen molar-refractivity contribution in [3.05, 3.63) is 52.6 Å². The highest BCUT2D eigenvalue weighted by Crippen LogP contribution is 2.41. The van der Waals surface area contributed by atoms with Crippen molar-refractivity contribution in [2.45, 2.75) is 33.2 Å². The van der Waals surface area contributed by atoms with Gasteiger partial charge in [-0.15, -0.1) is 0 Å². The van der Waals surface area contributed by atoms with E-state index in [1.165, 1.54) is 12.3 Å². The predicted octanol–water partition coefficient (Wildman–Crippen LogP) is 4.47. The molecule has 0 saturated heterocycles. The van der Waals surface area contributed by atoms with E-state index < -0.39 is 23.5 Å². The van der Waals surface area contributed by atoms with Crippen LogP contribution >= 0.6 is 0 Å². The van der Waals surface area contributed by atoms with Crippen LogP contribution in [0.5, 0.6) is 5.75 Å². The molecule has 0 fully saturated rings. The van der Waals surface area contributed by atoms with Gasteiger partial charge in [0.25, 0.3) is 5.91 Å². The molecule has 0 spiro atoms. The third-order valence-electron chi connectivity index (χ3n) is 5.28. The maximum absolute atomic E-state index is 14.6. The molecule has 33 heavy (non-hydrogen) atoms. The lowest BCUT2D eigenvalue weighted by atomic mass is 10.0. The highest BCUT2D eigenvalue weighted by Gasteiger charge is 2.36. The van der Waals surface area contributed by atoms with Crippen LogP contribution in [0, 0.1) is 5.82 Å². The minimum Gasteiger partial charge on any atom is -0.489 e. The van der Waals surface area contributed by atoms with Crippen molar-refractivity contribution < 1.29 is 31.8 Å². The number of rotatable bonds is 1. The summed E-state index contributed by atoms with van der Waals surface area (Å²) in [5.74, 6) is -1.90. The molecule has 5 rings (SSSR count). The lowest BCUT2D eigenvalue weighted by molar-refractivity contribution is -0.137. The Kier molecular flexibility index (Phi) is 5.83. The third kappa shape index (κ3) is 3.92. The average Bonchev–Trinajstić information content (AvgIpc) is 3.30. The summed E-state index contributed by atoms with van der Waals surface area (Å²) in [4.78, 5) is 22.6. The number of pyridine rings is 2. The average molecular weight is 464 g/mol. The molecule has 1 aromatic carbocycles. The molecular weight excluding hydrogens is 444 g/mol. The summed E-state index contributed by atoms with van der Waals surface area (Å²) in [6.07, 6.45) is -3.37. The van der Waals surface area contributed by atoms with E-state index in [0.29, 0.717) is 42.1 Å². The number of hydrogen-bond acceptors (Lipinski definition) is 6. The van der Waals surface area contributed by atoms with E-state index >= 15 is 0 Å². The zero-order valence-electron chi connectivity index (χ0n) is 17.8. The van der Waals surface area contributed by atoms with E-state index in [4.69, 9.17) is 15.2 Å². The number of hydrogen-bond donors (Lipinski definition) is 1. The van der Waals surface area contributed by atoms with Crippen LogP contribution in [0.1, 0.15) is 41.0 Å². The molecule has 2 aliphatic heterocycles. The summed E-state index contributed by atoms with van der Waals surface area (Å²) in [6.45, 7) is 4.47. The van der Waals surface area contributed by atoms with Crippen molar-refractivity contribution in [1.82, 2.24) is 9.97 Å². The fourth-order valence-corrected chi connectivity index (χ4v) is 3.80. The first-order chi connectivity index (χ1) is 15.7. The molecule has 7 nitrogen and oxygen atoms in total. The maximum Gasteiger partial charge on any atom is 0.416 e. The maximum atomic E-state index is 14.6. The zero-order chi connectivity index (χ0) is 23.9. The number of carbonyl (C=O) groups excluding carboxylic acids is 1. The van der Waals surface area contributed by atoms with Gasteiger partial charge in [-0.1, -0.05) is 13.8 Å². The lowest BCUT2D eigenvalue weighted by Crippen LogP contribution is -2.39. The highest BCUT2D eigenvalue weighted by atomic mass is 19.4. The van der Waals surface area contributed by atoms with Gasteiger partial charge in [-0.25, -0.2) is 14.4 Å². The Hall–Kier alpha value is -3.47. The first kappa shape index (κ1) is 22.7. The Bertz CT molecular complexity index is 1250. The molecule has 0 bridgehead atoms. The van der Waals surface area contributed by atoms with Crippen LogP contribution < -0.4 is 15.4 Å². The van der Waals surface area contributed by atoms with Crippen LogP contribution in [0.3, 0.4) is 0 Å². The van der Waals surface area contributed by atoms with Crippen LogP contribution in [0.25, 0.3) is 10.9 Å². The fraction of sp³-hybridized carbons (Fsp3) is 0.318. The summed E-state index contributed by atoms with van der Waals surface area (Å²) in [7, 11) is 0. The topological polar surface area (TPSA) is 90.6 Å². The Balaban J connectivity index is 0.00000126. The Labute approximate surface area is 186 Å². The summed E-state index contributed by atoms with van der Waals surface area (Å²) in [6, 6.07) is 2.54. The minimum absolute atomic E-state index is 0.0136. The molecule has 174 valence electrons. The zero-order valence-corrected chi connectivity index (χ0v) is 17.8. The Morgan fingerprint density at radius 3 is 2.61 bits per heavy atom. The number of anilines is 2. The van der Waals surface area contributed by atoms with E-state index in [0.717, 1.165) is 16.0 Å². The first-order valence-corrected chi connectivity index (χ1v) is 10.2. The number of amides is 1. The number of nitrogens with zero attached hydrogens (tertiary/aromatic N) is 3. The van der Waals surface area contributed by atoms with Crippen LogP contribution in [0.2, 0.25) is 0 Å². The smallest absolute Gasteiger partial charge is 0.416 e. The number of halogens is 4. The van der Waals surface area contributed by atoms with Gasteiger partial charge in [0.15, 0.2) is 5.82 Å². The fourth-order valence-electron chi connectivity index (χ4n) is 3.80.